The van der Waals surface area contributed by atoms with E-state index in [0.717, 1.165) is 18.7 Å². The second-order valence-corrected chi connectivity index (χ2v) is 9.66. The Morgan fingerprint density at radius 3 is 2.28 bits per heavy atom. The highest BCUT2D eigenvalue weighted by molar-refractivity contribution is 7.92. The summed E-state index contributed by atoms with van der Waals surface area (Å²) in [6.07, 6.45) is 2.46. The van der Waals surface area contributed by atoms with Gasteiger partial charge in [0.25, 0.3) is 15.9 Å². The average Bonchev–Trinajstić information content (AvgIpc) is 3.35. The molecule has 1 amide bonds. The lowest BCUT2D eigenvalue weighted by molar-refractivity contribution is 0.0940. The van der Waals surface area contributed by atoms with Crippen LogP contribution in [0.5, 0.6) is 0 Å². The van der Waals surface area contributed by atoms with Crippen molar-refractivity contribution in [1.82, 2.24) is 5.32 Å². The van der Waals surface area contributed by atoms with Crippen molar-refractivity contribution in [3.05, 3.63) is 90.0 Å². The van der Waals surface area contributed by atoms with Crippen LogP contribution in [0.4, 0.5) is 11.4 Å². The summed E-state index contributed by atoms with van der Waals surface area (Å²) in [6, 6.07) is 22.7. The number of carbonyl (C=O) groups is 1. The summed E-state index contributed by atoms with van der Waals surface area (Å²) < 4.78 is 27.6. The molecule has 0 unspecified atom stereocenters. The maximum atomic E-state index is 12.8. The van der Waals surface area contributed by atoms with Crippen molar-refractivity contribution in [3.8, 4) is 0 Å². The zero-order chi connectivity index (χ0) is 22.6. The quantitative estimate of drug-likeness (QED) is 0.554. The largest absolute Gasteiger partial charge is 0.372 e. The van der Waals surface area contributed by atoms with E-state index in [2.05, 4.69) is 27.1 Å². The zero-order valence-electron chi connectivity index (χ0n) is 18.0. The van der Waals surface area contributed by atoms with Crippen molar-refractivity contribution >= 4 is 27.3 Å². The molecule has 1 heterocycles. The van der Waals surface area contributed by atoms with Gasteiger partial charge in [-0.25, -0.2) is 8.42 Å². The second kappa shape index (κ2) is 9.44. The number of carbonyl (C=O) groups excluding carboxylic acids is 1. The topological polar surface area (TPSA) is 78.5 Å². The molecule has 0 saturated carbocycles. The molecule has 3 aromatic rings. The van der Waals surface area contributed by atoms with Gasteiger partial charge in [0.05, 0.1) is 10.9 Å². The third kappa shape index (κ3) is 5.11. The summed E-state index contributed by atoms with van der Waals surface area (Å²) in [5, 5.41) is 2.99. The Kier molecular flexibility index (Phi) is 6.46. The number of nitrogens with one attached hydrogen (secondary N) is 2. The maximum Gasteiger partial charge on any atom is 0.261 e. The Hall–Kier alpha value is -3.32. The minimum atomic E-state index is -3.72. The molecule has 1 atom stereocenters. The van der Waals surface area contributed by atoms with E-state index < -0.39 is 10.0 Å². The number of anilines is 2. The van der Waals surface area contributed by atoms with E-state index in [1.54, 1.807) is 42.5 Å². The molecule has 4 rings (SSSR count). The molecule has 1 aliphatic rings. The number of amides is 1. The average molecular weight is 450 g/mol. The van der Waals surface area contributed by atoms with Gasteiger partial charge >= 0.3 is 0 Å². The fraction of sp³-hybridized carbons (Fsp3) is 0.240. The van der Waals surface area contributed by atoms with Gasteiger partial charge in [0.1, 0.15) is 0 Å². The number of benzene rings is 3. The molecule has 1 aliphatic heterocycles. The van der Waals surface area contributed by atoms with Gasteiger partial charge in [-0.1, -0.05) is 36.4 Å². The highest BCUT2D eigenvalue weighted by Crippen LogP contribution is 2.23. The summed E-state index contributed by atoms with van der Waals surface area (Å²) in [7, 11) is -3.72. The standard InChI is InChI=1S/C25H27N3O3S/c1-19(20-12-14-23(15-13-20)28-16-5-6-17-28)26-25(29)21-8-7-9-22(18-21)27-32(30,31)24-10-3-2-4-11-24/h2-4,7-15,18-19,27H,5-6,16-17H2,1H3,(H,26,29)/t19-/m0/s1. The highest BCUT2D eigenvalue weighted by atomic mass is 32.2. The van der Waals surface area contributed by atoms with E-state index in [1.165, 1.54) is 30.7 Å². The van der Waals surface area contributed by atoms with Crippen molar-refractivity contribution < 1.29 is 13.2 Å². The Morgan fingerprint density at radius 2 is 1.59 bits per heavy atom. The third-order valence-electron chi connectivity index (χ3n) is 5.64. The van der Waals surface area contributed by atoms with Crippen LogP contribution in [0, 0.1) is 0 Å². The van der Waals surface area contributed by atoms with E-state index >= 15 is 0 Å². The zero-order valence-corrected chi connectivity index (χ0v) is 18.8. The van der Waals surface area contributed by atoms with Crippen LogP contribution in [0.1, 0.15) is 41.7 Å². The molecule has 0 aromatic heterocycles. The Labute approximate surface area is 189 Å². The summed E-state index contributed by atoms with van der Waals surface area (Å²) in [6.45, 7) is 4.12. The van der Waals surface area contributed by atoms with Crippen LogP contribution in [-0.4, -0.2) is 27.4 Å². The lowest BCUT2D eigenvalue weighted by Gasteiger charge is -2.19. The predicted octanol–water partition coefficient (Wildman–Crippen LogP) is 4.58. The molecule has 2 N–H and O–H groups in total. The summed E-state index contributed by atoms with van der Waals surface area (Å²) in [5.41, 5.74) is 2.95. The van der Waals surface area contributed by atoms with Gasteiger partial charge in [-0.15, -0.1) is 0 Å². The van der Waals surface area contributed by atoms with Crippen LogP contribution < -0.4 is 14.9 Å². The van der Waals surface area contributed by atoms with Crippen LogP contribution in [0.3, 0.4) is 0 Å². The normalized spacial score (nSPS) is 14.7. The first-order valence-corrected chi connectivity index (χ1v) is 12.2. The number of nitrogens with zero attached hydrogens (tertiary/aromatic N) is 1. The predicted molar refractivity (Wildman–Crippen MR) is 127 cm³/mol. The number of hydrogen-bond acceptors (Lipinski definition) is 4. The molecule has 3 aromatic carbocycles. The van der Waals surface area contributed by atoms with Crippen molar-refractivity contribution in [2.24, 2.45) is 0 Å². The molecule has 32 heavy (non-hydrogen) atoms. The van der Waals surface area contributed by atoms with Gasteiger partial charge in [0.2, 0.25) is 0 Å². The fourth-order valence-electron chi connectivity index (χ4n) is 3.85. The van der Waals surface area contributed by atoms with Crippen molar-refractivity contribution in [1.29, 1.82) is 0 Å². The van der Waals surface area contributed by atoms with Crippen LogP contribution in [-0.2, 0) is 10.0 Å². The van der Waals surface area contributed by atoms with E-state index in [4.69, 9.17) is 0 Å². The minimum absolute atomic E-state index is 0.167. The van der Waals surface area contributed by atoms with Gasteiger partial charge in [0.15, 0.2) is 0 Å². The Morgan fingerprint density at radius 1 is 0.906 bits per heavy atom. The fourth-order valence-corrected chi connectivity index (χ4v) is 4.92. The SMILES string of the molecule is C[C@H](NC(=O)c1cccc(NS(=O)(=O)c2ccccc2)c1)c1ccc(N2CCCC2)cc1. The first-order valence-electron chi connectivity index (χ1n) is 10.8. The smallest absolute Gasteiger partial charge is 0.261 e. The van der Waals surface area contributed by atoms with Crippen molar-refractivity contribution in [2.45, 2.75) is 30.7 Å². The molecule has 6 nitrogen and oxygen atoms in total. The molecule has 7 heteroatoms. The first kappa shape index (κ1) is 21.9. The molecule has 0 bridgehead atoms. The van der Waals surface area contributed by atoms with Gasteiger partial charge in [0, 0.05) is 30.0 Å². The van der Waals surface area contributed by atoms with Crippen LogP contribution in [0.2, 0.25) is 0 Å². The minimum Gasteiger partial charge on any atom is -0.372 e. The van der Waals surface area contributed by atoms with Gasteiger partial charge in [-0.05, 0) is 67.8 Å². The Bertz CT molecular complexity index is 1170. The number of hydrogen-bond donors (Lipinski definition) is 2. The first-order chi connectivity index (χ1) is 15.4. The molecule has 1 saturated heterocycles. The molecule has 0 radical (unpaired) electrons. The van der Waals surface area contributed by atoms with Crippen LogP contribution >= 0.6 is 0 Å². The van der Waals surface area contributed by atoms with E-state index in [0.29, 0.717) is 11.3 Å². The van der Waals surface area contributed by atoms with E-state index in [9.17, 15) is 13.2 Å². The van der Waals surface area contributed by atoms with E-state index in [1.807, 2.05) is 19.1 Å². The third-order valence-corrected chi connectivity index (χ3v) is 7.04. The van der Waals surface area contributed by atoms with Crippen molar-refractivity contribution in [3.63, 3.8) is 0 Å². The lowest BCUT2D eigenvalue weighted by Crippen LogP contribution is -2.27. The molecular formula is C25H27N3O3S. The number of sulfonamides is 1. The second-order valence-electron chi connectivity index (χ2n) is 7.98. The van der Waals surface area contributed by atoms with Crippen LogP contribution in [0.25, 0.3) is 0 Å². The highest BCUT2D eigenvalue weighted by Gasteiger charge is 2.17. The van der Waals surface area contributed by atoms with Gasteiger partial charge < -0.3 is 10.2 Å². The van der Waals surface area contributed by atoms with Crippen molar-refractivity contribution in [2.75, 3.05) is 22.7 Å². The summed E-state index contributed by atoms with van der Waals surface area (Å²) in [5.74, 6) is -0.262. The number of rotatable bonds is 7. The molecular weight excluding hydrogens is 422 g/mol. The monoisotopic (exact) mass is 449 g/mol. The maximum absolute atomic E-state index is 12.8. The molecule has 0 spiro atoms. The summed E-state index contributed by atoms with van der Waals surface area (Å²) >= 11 is 0. The molecule has 1 fully saturated rings. The Balaban J connectivity index is 1.42. The van der Waals surface area contributed by atoms with E-state index in [-0.39, 0.29) is 16.8 Å². The molecule has 166 valence electrons. The summed E-state index contributed by atoms with van der Waals surface area (Å²) in [4.78, 5) is 15.3. The lowest BCUT2D eigenvalue weighted by atomic mass is 10.1. The van der Waals surface area contributed by atoms with Gasteiger partial charge in [-0.2, -0.15) is 0 Å². The van der Waals surface area contributed by atoms with Crippen LogP contribution in [0.15, 0.2) is 83.8 Å². The molecule has 0 aliphatic carbocycles. The van der Waals surface area contributed by atoms with Gasteiger partial charge in [-0.3, -0.25) is 9.52 Å².